The van der Waals surface area contributed by atoms with Gasteiger partial charge in [0.1, 0.15) is 77.4 Å². The van der Waals surface area contributed by atoms with E-state index in [0.717, 1.165) is 0 Å². The lowest BCUT2D eigenvalue weighted by atomic mass is 9.83. The van der Waals surface area contributed by atoms with Crippen LogP contribution in [0.1, 0.15) is 6.42 Å². The average molecular weight is 1130 g/mol. The van der Waals surface area contributed by atoms with Crippen LogP contribution in [-0.4, -0.2) is 122 Å². The lowest BCUT2D eigenvalue weighted by Crippen LogP contribution is -2.71. The van der Waals surface area contributed by atoms with E-state index in [9.17, 15) is 13.2 Å². The van der Waals surface area contributed by atoms with Crippen molar-refractivity contribution in [2.24, 2.45) is 22.9 Å². The summed E-state index contributed by atoms with van der Waals surface area (Å²) >= 11 is 0. The second-order valence-electron chi connectivity index (χ2n) is 19.5. The van der Waals surface area contributed by atoms with Crippen LogP contribution < -0.4 is 56.1 Å². The summed E-state index contributed by atoms with van der Waals surface area (Å²) in [5, 5.41) is 7.12. The number of carboxylic acid groups (broad SMARTS) is 1. The minimum absolute atomic E-state index is 0.0353. The number of benzene rings is 7. The molecule has 9 N–H and O–H groups in total. The van der Waals surface area contributed by atoms with Crippen molar-refractivity contribution in [2.75, 3.05) is 13.2 Å². The normalized spacial score (nSPS) is 28.0. The van der Waals surface area contributed by atoms with E-state index >= 15 is 0 Å². The minimum atomic E-state index is -5.08. The van der Waals surface area contributed by atoms with Crippen molar-refractivity contribution >= 4 is 5.97 Å². The van der Waals surface area contributed by atoms with Gasteiger partial charge in [0.2, 0.25) is 0 Å². The third-order valence-corrected chi connectivity index (χ3v) is 13.6. The summed E-state index contributed by atoms with van der Waals surface area (Å²) in [5.41, 5.74) is 28.4. The van der Waals surface area contributed by atoms with E-state index in [1.165, 1.54) is 0 Å². The summed E-state index contributed by atoms with van der Waals surface area (Å²) in [6, 6.07) is 63.5. The Kier molecular flexibility index (Phi) is 20.2. The van der Waals surface area contributed by atoms with Gasteiger partial charge in [0, 0.05) is 18.6 Å². The van der Waals surface area contributed by atoms with Crippen molar-refractivity contribution < 1.29 is 75.2 Å². The van der Waals surface area contributed by atoms with Crippen LogP contribution >= 0.6 is 0 Å². The van der Waals surface area contributed by atoms with Crippen molar-refractivity contribution in [1.82, 2.24) is 0 Å². The van der Waals surface area contributed by atoms with Crippen molar-refractivity contribution in [3.63, 3.8) is 0 Å². The molecule has 10 rings (SSSR count). The molecule has 0 amide bonds. The highest BCUT2D eigenvalue weighted by molar-refractivity contribution is 5.73. The summed E-state index contributed by atoms with van der Waals surface area (Å²) < 4.78 is 107. The molecular formula is C62H65F3N4O13. The number of nitrogens with two attached hydrogens (primary N) is 4. The van der Waals surface area contributed by atoms with Gasteiger partial charge in [-0.1, -0.05) is 127 Å². The van der Waals surface area contributed by atoms with E-state index in [1.54, 1.807) is 0 Å². The van der Waals surface area contributed by atoms with Crippen LogP contribution in [0.4, 0.5) is 13.2 Å². The average Bonchev–Trinajstić information content (AvgIpc) is 3.51. The molecule has 7 aromatic rings. The van der Waals surface area contributed by atoms with Gasteiger partial charge in [-0.15, -0.1) is 0 Å². The number of para-hydroxylation sites is 7. The van der Waals surface area contributed by atoms with E-state index in [4.69, 9.17) is 84.9 Å². The fraction of sp³-hybridized carbons (Fsp3) is 0.306. The van der Waals surface area contributed by atoms with Crippen LogP contribution in [0.25, 0.3) is 0 Å². The number of carboxylic acids is 1. The summed E-state index contributed by atoms with van der Waals surface area (Å²) in [6.45, 7) is 0.0866. The molecule has 3 fully saturated rings. The summed E-state index contributed by atoms with van der Waals surface area (Å²) in [4.78, 5) is 8.90. The van der Waals surface area contributed by atoms with E-state index in [0.29, 0.717) is 40.2 Å². The predicted molar refractivity (Wildman–Crippen MR) is 295 cm³/mol. The van der Waals surface area contributed by atoms with Crippen molar-refractivity contribution in [2.45, 2.75) is 104 Å². The summed E-state index contributed by atoms with van der Waals surface area (Å²) in [6.07, 6.45) is -16.1. The summed E-state index contributed by atoms with van der Waals surface area (Å²) in [7, 11) is 0. The molecule has 2 heterocycles. The maximum atomic E-state index is 10.6. The SMILES string of the molecule is NC[C@@H]1O[C@@H](O[C@H]2[C@H](Oc3ccccc3)[C@@H](O[C@H]3O[C@H](COc4ccccc4)[C@@H](Oc4ccccc4)[C@H](N)[C@H]3Oc3ccccc3)[C@H](N)C[C@@H]2N)[C@@H](Oc2ccccc2)[C@H](Oc2ccccc2)[C@H]1Oc1ccccc1.O=C(O)C(F)(F)F. The van der Waals surface area contributed by atoms with Gasteiger partial charge in [0.05, 0.1) is 6.04 Å². The molecule has 15 atom stereocenters. The number of hydrogen-bond acceptors (Lipinski definition) is 16. The first kappa shape index (κ1) is 58.7. The zero-order valence-corrected chi connectivity index (χ0v) is 44.3. The number of ether oxygens (including phenoxy) is 11. The van der Waals surface area contributed by atoms with Gasteiger partial charge in [-0.05, 0) is 91.3 Å². The Morgan fingerprint density at radius 2 is 0.720 bits per heavy atom. The molecule has 432 valence electrons. The first-order chi connectivity index (χ1) is 39.8. The molecule has 7 aromatic carbocycles. The van der Waals surface area contributed by atoms with Crippen LogP contribution in [0, 0.1) is 0 Å². The maximum Gasteiger partial charge on any atom is 0.490 e. The minimum Gasteiger partial charge on any atom is -0.491 e. The second-order valence-corrected chi connectivity index (χ2v) is 19.5. The van der Waals surface area contributed by atoms with E-state index in [-0.39, 0.29) is 19.6 Å². The standard InChI is InChI=1S/C60H64N4O11.C2HF3O2/c61-37-48-54(67-41-26-12-3-13-27-41)57(70-44-32-18-6-19-33-44)58(71-45-34-20-7-21-35-45)60(72-48)75-52-47(63)36-46(62)51(56(52)69-43-30-16-5-17-31-43)74-59-55(68-42-28-14-4-15-29-42)50(64)53(66-40-24-10-2-11-25-40)49(73-59)38-65-39-22-8-1-9-23-39;3-2(4,5)1(6)7/h1-35,46-60H,36-38,61-64H2;(H,6,7)/t46-,47+,48+,49-,50+,51+,52-,53-,54+,55-,56-,57-,58+,59-,60+;/m1./s1. The predicted octanol–water partition coefficient (Wildman–Crippen LogP) is 7.95. The second kappa shape index (κ2) is 28.2. The summed E-state index contributed by atoms with van der Waals surface area (Å²) in [5.74, 6) is 1.22. The molecule has 2 saturated heterocycles. The van der Waals surface area contributed by atoms with E-state index in [1.807, 2.05) is 212 Å². The van der Waals surface area contributed by atoms with Gasteiger partial charge < -0.3 is 80.1 Å². The fourth-order valence-electron chi connectivity index (χ4n) is 9.74. The molecular weight excluding hydrogens is 1070 g/mol. The molecule has 82 heavy (non-hydrogen) atoms. The molecule has 20 heteroatoms. The molecule has 0 aromatic heterocycles. The van der Waals surface area contributed by atoms with Crippen LogP contribution in [-0.2, 0) is 23.7 Å². The molecule has 0 bridgehead atoms. The lowest BCUT2D eigenvalue weighted by Gasteiger charge is -2.50. The molecule has 1 aliphatic carbocycles. The van der Waals surface area contributed by atoms with Gasteiger partial charge in [-0.25, -0.2) is 4.79 Å². The Morgan fingerprint density at radius 1 is 0.427 bits per heavy atom. The molecule has 0 radical (unpaired) electrons. The number of halogens is 3. The van der Waals surface area contributed by atoms with Crippen molar-refractivity contribution in [1.29, 1.82) is 0 Å². The zero-order chi connectivity index (χ0) is 57.4. The van der Waals surface area contributed by atoms with E-state index < -0.39 is 104 Å². The highest BCUT2D eigenvalue weighted by Gasteiger charge is 2.56. The van der Waals surface area contributed by atoms with Gasteiger partial charge >= 0.3 is 12.1 Å². The molecule has 0 unspecified atom stereocenters. The number of rotatable bonds is 20. The Morgan fingerprint density at radius 3 is 1.09 bits per heavy atom. The Hall–Kier alpha value is -7.92. The van der Waals surface area contributed by atoms with Crippen molar-refractivity contribution in [3.05, 3.63) is 212 Å². The highest BCUT2D eigenvalue weighted by Crippen LogP contribution is 2.38. The molecule has 2 aliphatic heterocycles. The quantitative estimate of drug-likeness (QED) is 0.0486. The third kappa shape index (κ3) is 15.5. The fourth-order valence-corrected chi connectivity index (χ4v) is 9.74. The lowest BCUT2D eigenvalue weighted by molar-refractivity contribution is -0.321. The first-order valence-electron chi connectivity index (χ1n) is 26.7. The molecule has 0 spiro atoms. The Labute approximate surface area is 472 Å². The number of alkyl halides is 3. The van der Waals surface area contributed by atoms with Gasteiger partial charge in [0.25, 0.3) is 0 Å². The molecule has 17 nitrogen and oxygen atoms in total. The number of carbonyl (C=O) groups is 1. The van der Waals surface area contributed by atoms with Gasteiger partial charge in [-0.2, -0.15) is 13.2 Å². The molecule has 1 saturated carbocycles. The van der Waals surface area contributed by atoms with Gasteiger partial charge in [0.15, 0.2) is 43.1 Å². The third-order valence-electron chi connectivity index (χ3n) is 13.6. The van der Waals surface area contributed by atoms with Crippen molar-refractivity contribution in [3.8, 4) is 40.2 Å². The first-order valence-corrected chi connectivity index (χ1v) is 26.7. The maximum absolute atomic E-state index is 10.6. The van der Waals surface area contributed by atoms with Crippen LogP contribution in [0.3, 0.4) is 0 Å². The Balaban J connectivity index is 0.00000109. The van der Waals surface area contributed by atoms with Crippen LogP contribution in [0.5, 0.6) is 40.2 Å². The smallest absolute Gasteiger partial charge is 0.490 e. The van der Waals surface area contributed by atoms with Crippen LogP contribution in [0.2, 0.25) is 0 Å². The largest absolute Gasteiger partial charge is 0.491 e. The van der Waals surface area contributed by atoms with Gasteiger partial charge in [-0.3, -0.25) is 0 Å². The number of hydrogen-bond donors (Lipinski definition) is 5. The molecule has 3 aliphatic rings. The zero-order valence-electron chi connectivity index (χ0n) is 44.3. The topological polar surface area (TPSA) is 243 Å². The number of aliphatic carboxylic acids is 1. The van der Waals surface area contributed by atoms with E-state index in [2.05, 4.69) is 0 Å². The Bertz CT molecular complexity index is 2970. The highest BCUT2D eigenvalue weighted by atomic mass is 19.4. The van der Waals surface area contributed by atoms with Crippen LogP contribution in [0.15, 0.2) is 212 Å². The monoisotopic (exact) mass is 1130 g/mol.